The number of nitrogen functional groups attached to an aromatic ring is 1. The molecule has 0 radical (unpaired) electrons. The van der Waals surface area contributed by atoms with Gasteiger partial charge in [-0.25, -0.2) is 9.37 Å². The first-order chi connectivity index (χ1) is 12.0. The maximum Gasteiger partial charge on any atom is 0.262 e. The van der Waals surface area contributed by atoms with Gasteiger partial charge in [0.15, 0.2) is 0 Å². The molecule has 3 N–H and O–H groups in total. The third-order valence-corrected chi connectivity index (χ3v) is 3.91. The normalized spacial score (nSPS) is 13.0. The topological polar surface area (TPSA) is 112 Å². The van der Waals surface area contributed by atoms with E-state index in [9.17, 15) is 18.8 Å². The zero-order valence-electron chi connectivity index (χ0n) is 12.6. The number of rotatable bonds is 2. The molecule has 9 heteroatoms. The number of anilines is 1. The highest BCUT2D eigenvalue weighted by Crippen LogP contribution is 2.26. The predicted octanol–water partition coefficient (Wildman–Crippen LogP) is 0.628. The minimum atomic E-state index is -0.702. The van der Waals surface area contributed by atoms with Crippen LogP contribution in [0.4, 0.5) is 10.2 Å². The fraction of sp³-hybridized carbons (Fsp3) is 0. The number of carbonyl (C=O) groups is 2. The lowest BCUT2D eigenvalue weighted by atomic mass is 10.1. The van der Waals surface area contributed by atoms with E-state index in [1.807, 2.05) is 0 Å². The van der Waals surface area contributed by atoms with Crippen molar-refractivity contribution >= 4 is 17.6 Å². The summed E-state index contributed by atoms with van der Waals surface area (Å²) in [5, 5.41) is 2.08. The summed E-state index contributed by atoms with van der Waals surface area (Å²) in [7, 11) is 0. The van der Waals surface area contributed by atoms with Crippen molar-refractivity contribution in [3.05, 3.63) is 70.3 Å². The largest absolute Gasteiger partial charge is 0.384 e. The number of amides is 2. The molecule has 4 rings (SSSR count). The molecule has 0 atom stereocenters. The third kappa shape index (κ3) is 2.13. The second-order valence-corrected chi connectivity index (χ2v) is 5.38. The van der Waals surface area contributed by atoms with Gasteiger partial charge in [0.25, 0.3) is 17.4 Å². The standard InChI is InChI=1S/C16H10FN5O3/c17-8-1-2-10(21-4-3-19-7-21)11(5-8)22-12(23)6-9-13(14(22)18)16(25)20-15(9)24/h1-7H,18H2,(H,20,24,25). The second-order valence-electron chi connectivity index (χ2n) is 5.38. The van der Waals surface area contributed by atoms with Crippen molar-refractivity contribution in [3.8, 4) is 11.4 Å². The number of pyridine rings is 1. The van der Waals surface area contributed by atoms with Crippen LogP contribution < -0.4 is 16.6 Å². The predicted molar refractivity (Wildman–Crippen MR) is 85.3 cm³/mol. The van der Waals surface area contributed by atoms with Crippen molar-refractivity contribution in [2.45, 2.75) is 0 Å². The minimum Gasteiger partial charge on any atom is -0.384 e. The number of hydrogen-bond acceptors (Lipinski definition) is 5. The highest BCUT2D eigenvalue weighted by molar-refractivity contribution is 6.23. The van der Waals surface area contributed by atoms with Gasteiger partial charge >= 0.3 is 0 Å². The quantitative estimate of drug-likeness (QED) is 0.665. The fourth-order valence-corrected chi connectivity index (χ4v) is 2.82. The van der Waals surface area contributed by atoms with Gasteiger partial charge in [0.05, 0.1) is 28.8 Å². The van der Waals surface area contributed by atoms with E-state index in [2.05, 4.69) is 10.3 Å². The number of carbonyl (C=O) groups excluding carboxylic acids is 2. The molecule has 8 nitrogen and oxygen atoms in total. The summed E-state index contributed by atoms with van der Waals surface area (Å²) in [6.07, 6.45) is 4.61. The number of nitrogens with two attached hydrogens (primary N) is 1. The highest BCUT2D eigenvalue weighted by atomic mass is 19.1. The van der Waals surface area contributed by atoms with E-state index >= 15 is 0 Å². The molecule has 0 saturated carbocycles. The number of nitrogens with one attached hydrogen (secondary N) is 1. The smallest absolute Gasteiger partial charge is 0.262 e. The van der Waals surface area contributed by atoms with Gasteiger partial charge in [-0.1, -0.05) is 0 Å². The van der Waals surface area contributed by atoms with Crippen molar-refractivity contribution in [2.75, 3.05) is 5.73 Å². The second kappa shape index (κ2) is 5.13. The van der Waals surface area contributed by atoms with Gasteiger partial charge in [-0.15, -0.1) is 0 Å². The zero-order valence-corrected chi connectivity index (χ0v) is 12.6. The number of fused-ring (bicyclic) bond motifs is 1. The molecule has 2 aromatic heterocycles. The molecule has 25 heavy (non-hydrogen) atoms. The summed E-state index contributed by atoms with van der Waals surface area (Å²) < 4.78 is 16.4. The molecular formula is C16H10FN5O3. The van der Waals surface area contributed by atoms with Crippen molar-refractivity contribution in [1.29, 1.82) is 0 Å². The lowest BCUT2D eigenvalue weighted by Gasteiger charge is -2.16. The molecule has 0 unspecified atom stereocenters. The Morgan fingerprint density at radius 2 is 1.88 bits per heavy atom. The van der Waals surface area contributed by atoms with Gasteiger partial charge < -0.3 is 10.3 Å². The zero-order chi connectivity index (χ0) is 17.7. The van der Waals surface area contributed by atoms with E-state index in [4.69, 9.17) is 5.73 Å². The van der Waals surface area contributed by atoms with Gasteiger partial charge in [-0.2, -0.15) is 0 Å². The summed E-state index contributed by atoms with van der Waals surface area (Å²) in [6.45, 7) is 0. The van der Waals surface area contributed by atoms with E-state index in [1.165, 1.54) is 24.7 Å². The fourth-order valence-electron chi connectivity index (χ4n) is 2.82. The minimum absolute atomic E-state index is 0.0932. The lowest BCUT2D eigenvalue weighted by Crippen LogP contribution is -2.25. The van der Waals surface area contributed by atoms with Crippen LogP contribution in [-0.2, 0) is 0 Å². The maximum absolute atomic E-state index is 13.8. The highest BCUT2D eigenvalue weighted by Gasteiger charge is 2.32. The monoisotopic (exact) mass is 339 g/mol. The van der Waals surface area contributed by atoms with Crippen LogP contribution in [0.15, 0.2) is 47.8 Å². The molecule has 0 aliphatic carbocycles. The Hall–Kier alpha value is -3.75. The Kier molecular flexibility index (Phi) is 3.04. The Labute approximate surface area is 139 Å². The molecule has 124 valence electrons. The maximum atomic E-state index is 13.8. The molecule has 3 aromatic rings. The molecule has 1 aliphatic rings. The molecule has 1 aromatic carbocycles. The number of imide groups is 1. The van der Waals surface area contributed by atoms with Crippen molar-refractivity contribution in [2.24, 2.45) is 0 Å². The number of halogens is 1. The van der Waals surface area contributed by atoms with Gasteiger partial charge in [0.1, 0.15) is 11.6 Å². The Bertz CT molecular complexity index is 1100. The summed E-state index contributed by atoms with van der Waals surface area (Å²) in [4.78, 5) is 40.1. The van der Waals surface area contributed by atoms with Crippen LogP contribution in [0.2, 0.25) is 0 Å². The summed E-state index contributed by atoms with van der Waals surface area (Å²) in [5.41, 5.74) is 5.69. The molecule has 0 spiro atoms. The Balaban J connectivity index is 2.06. The third-order valence-electron chi connectivity index (χ3n) is 3.91. The number of imidazole rings is 1. The molecule has 0 saturated heterocycles. The SMILES string of the molecule is Nc1c2c(cc(=O)n1-c1cc(F)ccc1-n1ccnc1)C(=O)NC2=O. The number of hydrogen-bond donors (Lipinski definition) is 2. The van der Waals surface area contributed by atoms with Crippen LogP contribution in [0.1, 0.15) is 20.7 Å². The van der Waals surface area contributed by atoms with Crippen LogP contribution >= 0.6 is 0 Å². The molecule has 3 heterocycles. The van der Waals surface area contributed by atoms with Crippen molar-refractivity contribution < 1.29 is 14.0 Å². The first kappa shape index (κ1) is 14.8. The average molecular weight is 339 g/mol. The van der Waals surface area contributed by atoms with Crippen LogP contribution in [0.25, 0.3) is 11.4 Å². The molecule has 0 fully saturated rings. The van der Waals surface area contributed by atoms with Crippen LogP contribution in [0.3, 0.4) is 0 Å². The molecule has 1 aliphatic heterocycles. The van der Waals surface area contributed by atoms with Gasteiger partial charge in [-0.3, -0.25) is 24.3 Å². The first-order valence-electron chi connectivity index (χ1n) is 7.17. The first-order valence-corrected chi connectivity index (χ1v) is 7.17. The van der Waals surface area contributed by atoms with E-state index in [0.717, 1.165) is 16.7 Å². The van der Waals surface area contributed by atoms with Gasteiger partial charge in [0, 0.05) is 24.5 Å². The van der Waals surface area contributed by atoms with E-state index < -0.39 is 23.2 Å². The summed E-state index contributed by atoms with van der Waals surface area (Å²) in [5.74, 6) is -2.22. The summed E-state index contributed by atoms with van der Waals surface area (Å²) in [6, 6.07) is 4.81. The molecule has 0 bridgehead atoms. The average Bonchev–Trinajstić information content (AvgIpc) is 3.16. The molecule has 2 amide bonds. The summed E-state index contributed by atoms with van der Waals surface area (Å²) >= 11 is 0. The molecular weight excluding hydrogens is 329 g/mol. The lowest BCUT2D eigenvalue weighted by molar-refractivity contribution is 0.0880. The van der Waals surface area contributed by atoms with Crippen LogP contribution in [0.5, 0.6) is 0 Å². The number of benzene rings is 1. The Morgan fingerprint density at radius 3 is 2.60 bits per heavy atom. The van der Waals surface area contributed by atoms with E-state index in [0.29, 0.717) is 5.69 Å². The van der Waals surface area contributed by atoms with Crippen LogP contribution in [-0.4, -0.2) is 25.9 Å². The van der Waals surface area contributed by atoms with E-state index in [-0.39, 0.29) is 22.6 Å². The van der Waals surface area contributed by atoms with Crippen LogP contribution in [0, 0.1) is 5.82 Å². The Morgan fingerprint density at radius 1 is 1.08 bits per heavy atom. The van der Waals surface area contributed by atoms with Gasteiger partial charge in [0.2, 0.25) is 0 Å². The van der Waals surface area contributed by atoms with Crippen molar-refractivity contribution in [3.63, 3.8) is 0 Å². The van der Waals surface area contributed by atoms with E-state index in [1.54, 1.807) is 10.8 Å². The number of nitrogens with zero attached hydrogens (tertiary/aromatic N) is 3. The van der Waals surface area contributed by atoms with Crippen molar-refractivity contribution in [1.82, 2.24) is 19.4 Å². The van der Waals surface area contributed by atoms with Gasteiger partial charge in [-0.05, 0) is 12.1 Å². The number of aromatic nitrogens is 3.